The van der Waals surface area contributed by atoms with E-state index < -0.39 is 17.5 Å². The van der Waals surface area contributed by atoms with Gasteiger partial charge in [-0.1, -0.05) is 35.8 Å². The van der Waals surface area contributed by atoms with Gasteiger partial charge in [0.25, 0.3) is 0 Å². The fourth-order valence-corrected chi connectivity index (χ4v) is 2.32. The number of nitrogens with zero attached hydrogens (tertiary/aromatic N) is 1. The Morgan fingerprint density at radius 2 is 1.26 bits per heavy atom. The molecule has 112 valence electrons. The Hall–Kier alpha value is -2.69. The molecule has 0 aliphatic carbocycles. The summed E-state index contributed by atoms with van der Waals surface area (Å²) in [4.78, 5) is 1.50. The zero-order valence-electron chi connectivity index (χ0n) is 12.0. The minimum absolute atomic E-state index is 0.0835. The summed E-state index contributed by atoms with van der Waals surface area (Å²) in [6, 6.07) is 17.6. The molecular formula is C18H11BF3N. The van der Waals surface area contributed by atoms with Gasteiger partial charge in [-0.25, -0.2) is 13.2 Å². The van der Waals surface area contributed by atoms with Crippen LogP contribution in [-0.2, 0) is 0 Å². The van der Waals surface area contributed by atoms with Crippen LogP contribution in [0.2, 0.25) is 0 Å². The van der Waals surface area contributed by atoms with Crippen molar-refractivity contribution in [3.8, 4) is 0 Å². The second-order valence-corrected chi connectivity index (χ2v) is 4.96. The Balaban J connectivity index is 2.21. The molecule has 0 spiro atoms. The molecule has 0 saturated carbocycles. The number of hydrogen-bond acceptors (Lipinski definition) is 1. The third-order valence-corrected chi connectivity index (χ3v) is 3.42. The molecular weight excluding hydrogens is 298 g/mol. The minimum atomic E-state index is -1.50. The number of benzene rings is 3. The average Bonchev–Trinajstić information content (AvgIpc) is 2.58. The number of rotatable bonds is 3. The topological polar surface area (TPSA) is 3.24 Å². The molecule has 0 aromatic heterocycles. The lowest BCUT2D eigenvalue weighted by Gasteiger charge is -2.26. The van der Waals surface area contributed by atoms with Gasteiger partial charge in [0.15, 0.2) is 17.5 Å². The molecule has 5 heteroatoms. The summed E-state index contributed by atoms with van der Waals surface area (Å²) in [5.41, 5.74) is 1.66. The van der Waals surface area contributed by atoms with Crippen LogP contribution in [-0.4, -0.2) is 7.85 Å². The lowest BCUT2D eigenvalue weighted by atomic mass is 9.96. The molecule has 0 N–H and O–H groups in total. The molecule has 1 nitrogen and oxygen atoms in total. The molecule has 23 heavy (non-hydrogen) atoms. The molecule has 3 aromatic carbocycles. The van der Waals surface area contributed by atoms with Crippen LogP contribution in [0, 0.1) is 17.5 Å². The highest BCUT2D eigenvalue weighted by Crippen LogP contribution is 2.36. The van der Waals surface area contributed by atoms with E-state index in [0.717, 1.165) is 6.07 Å². The minimum Gasteiger partial charge on any atom is -0.308 e. The van der Waals surface area contributed by atoms with Crippen molar-refractivity contribution in [1.82, 2.24) is 0 Å². The molecule has 3 rings (SSSR count). The van der Waals surface area contributed by atoms with Crippen LogP contribution in [0.15, 0.2) is 66.7 Å². The van der Waals surface area contributed by atoms with Gasteiger partial charge in [0.1, 0.15) is 7.85 Å². The van der Waals surface area contributed by atoms with Gasteiger partial charge in [0.2, 0.25) is 0 Å². The summed E-state index contributed by atoms with van der Waals surface area (Å²) in [5.74, 6) is -3.97. The van der Waals surface area contributed by atoms with Crippen LogP contribution in [0.4, 0.5) is 30.2 Å². The standard InChI is InChI=1S/C18H11BF3N/c19-12-6-8-14(9-7-12)23(13-4-2-1-3-5-13)16-11-10-15(20)17(21)18(16)22/h1-11H. The molecule has 2 radical (unpaired) electrons. The highest BCUT2D eigenvalue weighted by atomic mass is 19.2. The van der Waals surface area contributed by atoms with Crippen molar-refractivity contribution >= 4 is 30.4 Å². The Morgan fingerprint density at radius 3 is 1.91 bits per heavy atom. The Bertz CT molecular complexity index is 820. The number of halogens is 3. The first kappa shape index (κ1) is 15.2. The van der Waals surface area contributed by atoms with E-state index in [1.54, 1.807) is 48.5 Å². The molecule has 0 amide bonds. The second kappa shape index (κ2) is 6.20. The maximum atomic E-state index is 14.3. The van der Waals surface area contributed by atoms with E-state index in [4.69, 9.17) is 7.85 Å². The van der Waals surface area contributed by atoms with Crippen molar-refractivity contribution in [3.63, 3.8) is 0 Å². The molecule has 0 atom stereocenters. The SMILES string of the molecule is [B]c1ccc(N(c2ccccc2)c2ccc(F)c(F)c2F)cc1. The zero-order valence-corrected chi connectivity index (χ0v) is 12.0. The van der Waals surface area contributed by atoms with Crippen molar-refractivity contribution in [1.29, 1.82) is 0 Å². The highest BCUT2D eigenvalue weighted by molar-refractivity contribution is 6.32. The van der Waals surface area contributed by atoms with Gasteiger partial charge in [-0.05, 0) is 36.4 Å². The smallest absolute Gasteiger partial charge is 0.196 e. The molecule has 0 unspecified atom stereocenters. The molecule has 3 aromatic rings. The maximum absolute atomic E-state index is 14.3. The number of hydrogen-bond donors (Lipinski definition) is 0. The second-order valence-electron chi connectivity index (χ2n) is 4.96. The maximum Gasteiger partial charge on any atom is 0.196 e. The van der Waals surface area contributed by atoms with Gasteiger partial charge < -0.3 is 4.90 Å². The summed E-state index contributed by atoms with van der Waals surface area (Å²) >= 11 is 0. The molecule has 0 aliphatic heterocycles. The van der Waals surface area contributed by atoms with Gasteiger partial charge in [0, 0.05) is 11.4 Å². The fraction of sp³-hybridized carbons (Fsp3) is 0. The van der Waals surface area contributed by atoms with Crippen molar-refractivity contribution in [2.75, 3.05) is 4.90 Å². The van der Waals surface area contributed by atoms with E-state index in [2.05, 4.69) is 0 Å². The van der Waals surface area contributed by atoms with Crippen molar-refractivity contribution in [2.24, 2.45) is 0 Å². The normalized spacial score (nSPS) is 10.6. The van der Waals surface area contributed by atoms with Crippen LogP contribution in [0.3, 0.4) is 0 Å². The predicted molar refractivity (Wildman–Crippen MR) is 86.4 cm³/mol. The third kappa shape index (κ3) is 2.95. The van der Waals surface area contributed by atoms with Crippen molar-refractivity contribution in [2.45, 2.75) is 0 Å². The van der Waals surface area contributed by atoms with E-state index in [0.29, 0.717) is 16.8 Å². The van der Waals surface area contributed by atoms with Crippen LogP contribution >= 0.6 is 0 Å². The van der Waals surface area contributed by atoms with Gasteiger partial charge in [-0.3, -0.25) is 0 Å². The third-order valence-electron chi connectivity index (χ3n) is 3.42. The molecule has 0 fully saturated rings. The van der Waals surface area contributed by atoms with E-state index in [9.17, 15) is 13.2 Å². The van der Waals surface area contributed by atoms with Gasteiger partial charge in [-0.15, -0.1) is 0 Å². The quantitative estimate of drug-likeness (QED) is 0.513. The molecule has 0 saturated heterocycles. The number of para-hydroxylation sites is 1. The lowest BCUT2D eigenvalue weighted by Crippen LogP contribution is -2.14. The van der Waals surface area contributed by atoms with Crippen LogP contribution in [0.1, 0.15) is 0 Å². The Kier molecular flexibility index (Phi) is 4.11. The van der Waals surface area contributed by atoms with Gasteiger partial charge in [-0.2, -0.15) is 0 Å². The summed E-state index contributed by atoms with van der Waals surface area (Å²) in [7, 11) is 5.68. The summed E-state index contributed by atoms with van der Waals surface area (Å²) < 4.78 is 41.2. The summed E-state index contributed by atoms with van der Waals surface area (Å²) in [5, 5.41) is 0. The van der Waals surface area contributed by atoms with Crippen molar-refractivity contribution < 1.29 is 13.2 Å². The fourth-order valence-electron chi connectivity index (χ4n) is 2.32. The molecule has 0 heterocycles. The largest absolute Gasteiger partial charge is 0.308 e. The Morgan fingerprint density at radius 1 is 0.652 bits per heavy atom. The van der Waals surface area contributed by atoms with E-state index in [1.807, 2.05) is 6.07 Å². The van der Waals surface area contributed by atoms with Crippen LogP contribution in [0.5, 0.6) is 0 Å². The Labute approximate surface area is 133 Å². The first-order valence-corrected chi connectivity index (χ1v) is 6.92. The van der Waals surface area contributed by atoms with E-state index in [1.165, 1.54) is 11.0 Å². The summed E-state index contributed by atoms with van der Waals surface area (Å²) in [6.45, 7) is 0. The monoisotopic (exact) mass is 309 g/mol. The van der Waals surface area contributed by atoms with Crippen LogP contribution < -0.4 is 10.4 Å². The van der Waals surface area contributed by atoms with E-state index in [-0.39, 0.29) is 5.69 Å². The molecule has 0 bridgehead atoms. The van der Waals surface area contributed by atoms with Crippen molar-refractivity contribution in [3.05, 3.63) is 84.2 Å². The van der Waals surface area contributed by atoms with Gasteiger partial charge >= 0.3 is 0 Å². The first-order chi connectivity index (χ1) is 11.1. The first-order valence-electron chi connectivity index (χ1n) is 6.92. The zero-order chi connectivity index (χ0) is 16.4. The summed E-state index contributed by atoms with van der Waals surface area (Å²) in [6.07, 6.45) is 0. The van der Waals surface area contributed by atoms with Crippen LogP contribution in [0.25, 0.3) is 0 Å². The van der Waals surface area contributed by atoms with Gasteiger partial charge in [0.05, 0.1) is 5.69 Å². The predicted octanol–water partition coefficient (Wildman–Crippen LogP) is 4.37. The number of anilines is 3. The van der Waals surface area contributed by atoms with E-state index >= 15 is 0 Å². The molecule has 0 aliphatic rings. The average molecular weight is 309 g/mol. The highest BCUT2D eigenvalue weighted by Gasteiger charge is 2.20. The lowest BCUT2D eigenvalue weighted by molar-refractivity contribution is 0.448.